The summed E-state index contributed by atoms with van der Waals surface area (Å²) in [7, 11) is 0. The molecule has 1 N–H and O–H groups in total. The number of aromatic nitrogens is 3. The Morgan fingerprint density at radius 2 is 2.33 bits per heavy atom. The van der Waals surface area contributed by atoms with Gasteiger partial charge in [0.15, 0.2) is 0 Å². The fourth-order valence-electron chi connectivity index (χ4n) is 1.38. The first kappa shape index (κ1) is 12.8. The molecule has 0 aliphatic heterocycles. The van der Waals surface area contributed by atoms with E-state index in [-0.39, 0.29) is 0 Å². The molecule has 6 heteroatoms. The van der Waals surface area contributed by atoms with Crippen LogP contribution in [-0.2, 0) is 6.42 Å². The van der Waals surface area contributed by atoms with Gasteiger partial charge in [0.05, 0.1) is 17.8 Å². The molecule has 5 nitrogen and oxygen atoms in total. The molecule has 2 aromatic heterocycles. The summed E-state index contributed by atoms with van der Waals surface area (Å²) in [5.41, 5.74) is 2.93. The van der Waals surface area contributed by atoms with Gasteiger partial charge in [0.25, 0.3) is 0 Å². The predicted octanol–water partition coefficient (Wildman–Crippen LogP) is 2.38. The summed E-state index contributed by atoms with van der Waals surface area (Å²) in [6.45, 7) is 3.50. The van der Waals surface area contributed by atoms with Crippen molar-refractivity contribution in [3.63, 3.8) is 0 Å². The van der Waals surface area contributed by atoms with Crippen molar-refractivity contribution in [3.05, 3.63) is 28.8 Å². The summed E-state index contributed by atoms with van der Waals surface area (Å²) in [5.74, 6) is 1.21. The van der Waals surface area contributed by atoms with Gasteiger partial charge >= 0.3 is 0 Å². The molecule has 0 fully saturated rings. The van der Waals surface area contributed by atoms with Crippen LogP contribution in [0, 0.1) is 0 Å². The van der Waals surface area contributed by atoms with E-state index >= 15 is 0 Å². The first-order chi connectivity index (χ1) is 8.88. The Kier molecular flexibility index (Phi) is 4.89. The monoisotopic (exact) mass is 264 g/mol. The molecule has 0 aliphatic carbocycles. The lowest BCUT2D eigenvalue weighted by atomic mass is 10.3. The zero-order valence-corrected chi connectivity index (χ0v) is 11.1. The summed E-state index contributed by atoms with van der Waals surface area (Å²) < 4.78 is 5.45. The van der Waals surface area contributed by atoms with E-state index in [4.69, 9.17) is 4.74 Å². The first-order valence-electron chi connectivity index (χ1n) is 5.95. The van der Waals surface area contributed by atoms with Crippen LogP contribution in [0.15, 0.2) is 23.2 Å². The van der Waals surface area contributed by atoms with Crippen molar-refractivity contribution < 1.29 is 4.74 Å². The summed E-state index contributed by atoms with van der Waals surface area (Å²) in [6, 6.07) is 1.77. The first-order valence-corrected chi connectivity index (χ1v) is 6.89. The van der Waals surface area contributed by atoms with Crippen molar-refractivity contribution in [3.8, 4) is 5.88 Å². The average Bonchev–Trinajstić information content (AvgIpc) is 2.90. The molecular formula is C12H16N4OS. The number of nitrogens with one attached hydrogen (secondary N) is 1. The van der Waals surface area contributed by atoms with Crippen LogP contribution < -0.4 is 10.1 Å². The predicted molar refractivity (Wildman–Crippen MR) is 72.1 cm³/mol. The molecule has 0 aliphatic rings. The summed E-state index contributed by atoms with van der Waals surface area (Å²) >= 11 is 1.61. The number of anilines is 1. The Hall–Kier alpha value is -1.69. The molecule has 0 saturated heterocycles. The largest absolute Gasteiger partial charge is 0.478 e. The van der Waals surface area contributed by atoms with Crippen molar-refractivity contribution in [2.45, 2.75) is 19.8 Å². The molecule has 0 saturated carbocycles. The molecule has 0 atom stereocenters. The molecular weight excluding hydrogens is 248 g/mol. The zero-order chi connectivity index (χ0) is 12.6. The van der Waals surface area contributed by atoms with E-state index in [1.165, 1.54) is 0 Å². The Morgan fingerprint density at radius 1 is 1.39 bits per heavy atom. The third-order valence-corrected chi connectivity index (χ3v) is 2.87. The topological polar surface area (TPSA) is 59.9 Å². The highest BCUT2D eigenvalue weighted by molar-refractivity contribution is 7.07. The SMILES string of the molecule is CCCOc1ccnc(NCCc2cscn2)n1. The lowest BCUT2D eigenvalue weighted by Crippen LogP contribution is -2.08. The molecule has 2 aromatic rings. The van der Waals surface area contributed by atoms with Gasteiger partial charge in [-0.3, -0.25) is 0 Å². The van der Waals surface area contributed by atoms with Gasteiger partial charge in [0.1, 0.15) is 0 Å². The third kappa shape index (κ3) is 3.96. The number of hydrogen-bond acceptors (Lipinski definition) is 6. The summed E-state index contributed by atoms with van der Waals surface area (Å²) in [5, 5.41) is 5.21. The molecule has 0 unspecified atom stereocenters. The number of rotatable bonds is 7. The summed E-state index contributed by atoms with van der Waals surface area (Å²) in [4.78, 5) is 12.6. The van der Waals surface area contributed by atoms with Crippen molar-refractivity contribution >= 4 is 17.3 Å². The van der Waals surface area contributed by atoms with Crippen LogP contribution in [0.25, 0.3) is 0 Å². The average molecular weight is 264 g/mol. The van der Waals surface area contributed by atoms with Crippen molar-refractivity contribution in [1.29, 1.82) is 0 Å². The number of nitrogens with zero attached hydrogens (tertiary/aromatic N) is 3. The second-order valence-electron chi connectivity index (χ2n) is 3.72. The minimum atomic E-state index is 0.596. The maximum Gasteiger partial charge on any atom is 0.225 e. The van der Waals surface area contributed by atoms with E-state index in [1.54, 1.807) is 23.6 Å². The quantitative estimate of drug-likeness (QED) is 0.832. The summed E-state index contributed by atoms with van der Waals surface area (Å²) in [6.07, 6.45) is 3.53. The number of ether oxygens (including phenoxy) is 1. The Labute approximate surface area is 110 Å². The highest BCUT2D eigenvalue weighted by Gasteiger charge is 2.00. The molecule has 96 valence electrons. The Morgan fingerprint density at radius 3 is 3.11 bits per heavy atom. The standard InChI is InChI=1S/C12H16N4OS/c1-2-7-17-11-4-6-14-12(16-11)13-5-3-10-8-18-9-15-10/h4,6,8-9H,2-3,5,7H2,1H3,(H,13,14,16). The van der Waals surface area contributed by atoms with Crippen LogP contribution >= 0.6 is 11.3 Å². The molecule has 0 radical (unpaired) electrons. The lowest BCUT2D eigenvalue weighted by molar-refractivity contribution is 0.305. The van der Waals surface area contributed by atoms with E-state index in [9.17, 15) is 0 Å². The molecule has 18 heavy (non-hydrogen) atoms. The molecule has 0 aromatic carbocycles. The van der Waals surface area contributed by atoms with Crippen LogP contribution in [0.1, 0.15) is 19.0 Å². The second kappa shape index (κ2) is 6.90. The van der Waals surface area contributed by atoms with Gasteiger partial charge in [-0.15, -0.1) is 11.3 Å². The highest BCUT2D eigenvalue weighted by atomic mass is 32.1. The van der Waals surface area contributed by atoms with E-state index in [0.29, 0.717) is 18.4 Å². The van der Waals surface area contributed by atoms with Gasteiger partial charge in [0.2, 0.25) is 11.8 Å². The zero-order valence-electron chi connectivity index (χ0n) is 10.3. The maximum absolute atomic E-state index is 5.45. The van der Waals surface area contributed by atoms with Crippen LogP contribution in [0.4, 0.5) is 5.95 Å². The third-order valence-electron chi connectivity index (χ3n) is 2.23. The number of thiazole rings is 1. The minimum absolute atomic E-state index is 0.596. The van der Waals surface area contributed by atoms with E-state index in [2.05, 4.69) is 27.2 Å². The minimum Gasteiger partial charge on any atom is -0.478 e. The van der Waals surface area contributed by atoms with Gasteiger partial charge in [0, 0.05) is 30.6 Å². The van der Waals surface area contributed by atoms with E-state index in [0.717, 1.165) is 25.1 Å². The maximum atomic E-state index is 5.45. The van der Waals surface area contributed by atoms with Crippen LogP contribution in [0.2, 0.25) is 0 Å². The van der Waals surface area contributed by atoms with E-state index in [1.807, 2.05) is 10.9 Å². The Balaban J connectivity index is 1.81. The van der Waals surface area contributed by atoms with Gasteiger partial charge in [-0.1, -0.05) is 6.92 Å². The second-order valence-corrected chi connectivity index (χ2v) is 4.44. The normalized spacial score (nSPS) is 10.3. The fraction of sp³-hybridized carbons (Fsp3) is 0.417. The molecule has 0 spiro atoms. The van der Waals surface area contributed by atoms with Crippen molar-refractivity contribution in [2.75, 3.05) is 18.5 Å². The molecule has 0 bridgehead atoms. The van der Waals surface area contributed by atoms with Gasteiger partial charge in [-0.05, 0) is 6.42 Å². The fourth-order valence-corrected chi connectivity index (χ4v) is 1.97. The van der Waals surface area contributed by atoms with Gasteiger partial charge in [-0.2, -0.15) is 4.98 Å². The molecule has 0 amide bonds. The molecule has 2 heterocycles. The van der Waals surface area contributed by atoms with Gasteiger partial charge < -0.3 is 10.1 Å². The van der Waals surface area contributed by atoms with Gasteiger partial charge in [-0.25, -0.2) is 9.97 Å². The van der Waals surface area contributed by atoms with E-state index < -0.39 is 0 Å². The molecule has 2 rings (SSSR count). The van der Waals surface area contributed by atoms with Crippen molar-refractivity contribution in [2.24, 2.45) is 0 Å². The van der Waals surface area contributed by atoms with Crippen LogP contribution in [-0.4, -0.2) is 28.1 Å². The number of hydrogen-bond donors (Lipinski definition) is 1. The Bertz CT molecular complexity index is 461. The highest BCUT2D eigenvalue weighted by Crippen LogP contribution is 2.09. The van der Waals surface area contributed by atoms with Crippen LogP contribution in [0.5, 0.6) is 5.88 Å². The smallest absolute Gasteiger partial charge is 0.225 e. The van der Waals surface area contributed by atoms with Crippen molar-refractivity contribution in [1.82, 2.24) is 15.0 Å². The van der Waals surface area contributed by atoms with Crippen LogP contribution in [0.3, 0.4) is 0 Å². The lowest BCUT2D eigenvalue weighted by Gasteiger charge is -2.06.